The zero-order valence-electron chi connectivity index (χ0n) is 16.7. The average Bonchev–Trinajstić information content (AvgIpc) is 3.12. The molecule has 1 saturated heterocycles. The molecule has 4 rings (SSSR count). The van der Waals surface area contributed by atoms with Crippen LogP contribution in [0.5, 0.6) is 5.75 Å². The molecule has 1 aromatic carbocycles. The molecule has 0 unspecified atom stereocenters. The van der Waals surface area contributed by atoms with Gasteiger partial charge in [-0.15, -0.1) is 0 Å². The van der Waals surface area contributed by atoms with E-state index in [1.54, 1.807) is 7.11 Å². The number of benzene rings is 1. The molecule has 1 aliphatic rings. The minimum atomic E-state index is -0.297. The van der Waals surface area contributed by atoms with E-state index in [1.165, 1.54) is 4.68 Å². The van der Waals surface area contributed by atoms with Gasteiger partial charge in [0.15, 0.2) is 0 Å². The van der Waals surface area contributed by atoms with Gasteiger partial charge in [0.2, 0.25) is 5.91 Å². The van der Waals surface area contributed by atoms with E-state index in [9.17, 15) is 9.59 Å². The second kappa shape index (κ2) is 8.22. The van der Waals surface area contributed by atoms with Gasteiger partial charge in [0.1, 0.15) is 23.6 Å². The van der Waals surface area contributed by atoms with Crippen LogP contribution >= 0.6 is 0 Å². The predicted molar refractivity (Wildman–Crippen MR) is 109 cm³/mol. The molecule has 29 heavy (non-hydrogen) atoms. The molecule has 0 spiro atoms. The molecule has 0 radical (unpaired) electrons. The third-order valence-electron chi connectivity index (χ3n) is 5.20. The number of carbonyl (C=O) groups is 1. The lowest BCUT2D eigenvalue weighted by Crippen LogP contribution is -2.42. The van der Waals surface area contributed by atoms with Gasteiger partial charge in [0.25, 0.3) is 5.56 Å². The Morgan fingerprint density at radius 1 is 1.24 bits per heavy atom. The van der Waals surface area contributed by atoms with Crippen LogP contribution in [0.25, 0.3) is 16.4 Å². The van der Waals surface area contributed by atoms with Gasteiger partial charge in [0, 0.05) is 31.6 Å². The molecule has 1 amide bonds. The van der Waals surface area contributed by atoms with Gasteiger partial charge in [-0.1, -0.05) is 0 Å². The largest absolute Gasteiger partial charge is 0.497 e. The van der Waals surface area contributed by atoms with Crippen molar-refractivity contribution in [2.24, 2.45) is 0 Å². The van der Waals surface area contributed by atoms with Crippen LogP contribution in [0.2, 0.25) is 0 Å². The van der Waals surface area contributed by atoms with Gasteiger partial charge in [-0.25, -0.2) is 4.68 Å². The lowest BCUT2D eigenvalue weighted by atomic mass is 10.2. The molecule has 1 aliphatic heterocycles. The molecular weight excluding hydrogens is 374 g/mol. The summed E-state index contributed by atoms with van der Waals surface area (Å²) in [6.07, 6.45) is 0. The summed E-state index contributed by atoms with van der Waals surface area (Å²) >= 11 is 0. The second-order valence-electron chi connectivity index (χ2n) is 7.10. The molecule has 0 bridgehead atoms. The van der Waals surface area contributed by atoms with E-state index in [-0.39, 0.29) is 18.0 Å². The molecule has 0 aliphatic carbocycles. The summed E-state index contributed by atoms with van der Waals surface area (Å²) in [6.45, 7) is 6.21. The first-order valence-electron chi connectivity index (χ1n) is 9.70. The number of aromatic nitrogens is 3. The SMILES string of the molecule is COc1ccc2c(c1)cc1c(=O)n(CC(=O)NCCN3CCOCC3)nc(C)n12. The highest BCUT2D eigenvalue weighted by molar-refractivity contribution is 5.88. The summed E-state index contributed by atoms with van der Waals surface area (Å²) in [5.74, 6) is 1.13. The number of methoxy groups -OCH3 is 1. The van der Waals surface area contributed by atoms with Gasteiger partial charge in [-0.3, -0.25) is 18.9 Å². The first-order chi connectivity index (χ1) is 14.1. The highest BCUT2D eigenvalue weighted by Gasteiger charge is 2.15. The quantitative estimate of drug-likeness (QED) is 0.646. The number of aryl methyl sites for hydroxylation is 1. The molecule has 3 heterocycles. The average molecular weight is 399 g/mol. The molecule has 1 fully saturated rings. The lowest BCUT2D eigenvalue weighted by molar-refractivity contribution is -0.122. The van der Waals surface area contributed by atoms with E-state index in [0.717, 1.165) is 49.5 Å². The van der Waals surface area contributed by atoms with Crippen LogP contribution in [0.3, 0.4) is 0 Å². The molecule has 9 heteroatoms. The number of nitrogens with zero attached hydrogens (tertiary/aromatic N) is 4. The van der Waals surface area contributed by atoms with Crippen molar-refractivity contribution >= 4 is 22.3 Å². The fourth-order valence-corrected chi connectivity index (χ4v) is 3.70. The minimum absolute atomic E-state index is 0.107. The Balaban J connectivity index is 1.51. The standard InChI is InChI=1S/C20H25N5O4/c1-14-22-24(13-19(26)21-5-6-23-7-9-29-10-8-23)20(27)18-12-15-11-16(28-2)3-4-17(15)25(14)18/h3-4,11-12H,5-10,13H2,1-2H3,(H,21,26). The van der Waals surface area contributed by atoms with Crippen LogP contribution in [0.15, 0.2) is 29.1 Å². The summed E-state index contributed by atoms with van der Waals surface area (Å²) < 4.78 is 13.6. The summed E-state index contributed by atoms with van der Waals surface area (Å²) in [4.78, 5) is 27.5. The van der Waals surface area contributed by atoms with Crippen LogP contribution in [-0.4, -0.2) is 71.5 Å². The molecule has 154 valence electrons. The van der Waals surface area contributed by atoms with Crippen molar-refractivity contribution in [2.75, 3.05) is 46.5 Å². The van der Waals surface area contributed by atoms with Crippen molar-refractivity contribution in [1.29, 1.82) is 0 Å². The normalized spacial score (nSPS) is 15.1. The van der Waals surface area contributed by atoms with Crippen molar-refractivity contribution in [1.82, 2.24) is 24.4 Å². The van der Waals surface area contributed by atoms with Crippen molar-refractivity contribution in [3.05, 3.63) is 40.4 Å². The predicted octanol–water partition coefficient (Wildman–Crippen LogP) is 0.415. The van der Waals surface area contributed by atoms with E-state index >= 15 is 0 Å². The van der Waals surface area contributed by atoms with Crippen LogP contribution in [0.1, 0.15) is 5.82 Å². The third-order valence-corrected chi connectivity index (χ3v) is 5.20. The van der Waals surface area contributed by atoms with Crippen LogP contribution in [0, 0.1) is 6.92 Å². The lowest BCUT2D eigenvalue weighted by Gasteiger charge is -2.26. The second-order valence-corrected chi connectivity index (χ2v) is 7.10. The maximum atomic E-state index is 12.9. The summed E-state index contributed by atoms with van der Waals surface area (Å²) in [5, 5.41) is 8.11. The van der Waals surface area contributed by atoms with E-state index in [2.05, 4.69) is 15.3 Å². The van der Waals surface area contributed by atoms with Gasteiger partial charge < -0.3 is 14.8 Å². The number of hydrogen-bond donors (Lipinski definition) is 1. The van der Waals surface area contributed by atoms with Crippen LogP contribution in [-0.2, 0) is 16.1 Å². The molecular formula is C20H25N5O4. The van der Waals surface area contributed by atoms with Crippen LogP contribution in [0.4, 0.5) is 0 Å². The first kappa shape index (κ1) is 19.4. The zero-order valence-corrected chi connectivity index (χ0v) is 16.7. The Morgan fingerprint density at radius 3 is 2.79 bits per heavy atom. The van der Waals surface area contributed by atoms with E-state index in [0.29, 0.717) is 17.9 Å². The van der Waals surface area contributed by atoms with Gasteiger partial charge in [0.05, 0.1) is 25.8 Å². The van der Waals surface area contributed by atoms with E-state index < -0.39 is 0 Å². The number of carbonyl (C=O) groups excluding carboxylic acids is 1. The topological polar surface area (TPSA) is 90.1 Å². The molecule has 3 aromatic rings. The smallest absolute Gasteiger partial charge is 0.291 e. The fraction of sp³-hybridized carbons (Fsp3) is 0.450. The van der Waals surface area contributed by atoms with Gasteiger partial charge >= 0.3 is 0 Å². The fourth-order valence-electron chi connectivity index (χ4n) is 3.70. The van der Waals surface area contributed by atoms with E-state index in [4.69, 9.17) is 9.47 Å². The Hall–Kier alpha value is -2.91. The molecule has 0 saturated carbocycles. The zero-order chi connectivity index (χ0) is 20.4. The number of ether oxygens (including phenoxy) is 2. The first-order valence-corrected chi connectivity index (χ1v) is 9.70. The Morgan fingerprint density at radius 2 is 2.03 bits per heavy atom. The van der Waals surface area contributed by atoms with Crippen molar-refractivity contribution in [3.8, 4) is 5.75 Å². The Bertz CT molecular complexity index is 1100. The highest BCUT2D eigenvalue weighted by atomic mass is 16.5. The number of fused-ring (bicyclic) bond motifs is 3. The maximum Gasteiger partial charge on any atom is 0.291 e. The monoisotopic (exact) mass is 399 g/mol. The van der Waals surface area contributed by atoms with E-state index in [1.807, 2.05) is 35.6 Å². The van der Waals surface area contributed by atoms with Crippen molar-refractivity contribution < 1.29 is 14.3 Å². The number of amides is 1. The van der Waals surface area contributed by atoms with Gasteiger partial charge in [-0.05, 0) is 31.2 Å². The molecule has 1 N–H and O–H groups in total. The minimum Gasteiger partial charge on any atom is -0.497 e. The number of hydrogen-bond acceptors (Lipinski definition) is 6. The number of nitrogens with one attached hydrogen (secondary N) is 1. The maximum absolute atomic E-state index is 12.9. The highest BCUT2D eigenvalue weighted by Crippen LogP contribution is 2.24. The molecule has 2 aromatic heterocycles. The molecule has 0 atom stereocenters. The molecule has 9 nitrogen and oxygen atoms in total. The van der Waals surface area contributed by atoms with Crippen molar-refractivity contribution in [3.63, 3.8) is 0 Å². The van der Waals surface area contributed by atoms with Gasteiger partial charge in [-0.2, -0.15) is 5.10 Å². The number of morpholine rings is 1. The Labute approximate surface area is 167 Å². The summed E-state index contributed by atoms with van der Waals surface area (Å²) in [5.41, 5.74) is 1.07. The van der Waals surface area contributed by atoms with Crippen molar-refractivity contribution in [2.45, 2.75) is 13.5 Å². The Kier molecular flexibility index (Phi) is 5.50. The third kappa shape index (κ3) is 3.96. The number of rotatable bonds is 6. The summed E-state index contributed by atoms with van der Waals surface area (Å²) in [7, 11) is 1.61. The van der Waals surface area contributed by atoms with Crippen LogP contribution < -0.4 is 15.6 Å². The summed E-state index contributed by atoms with van der Waals surface area (Å²) in [6, 6.07) is 7.44.